The van der Waals surface area contributed by atoms with Gasteiger partial charge in [-0.2, -0.15) is 0 Å². The number of β-lactam (4-membered cyclic amide) rings is 1. The smallest absolute Gasteiger partial charge is 0.330 e. The molecule has 0 unspecified atom stereocenters. The predicted octanol–water partition coefficient (Wildman–Crippen LogP) is 3.45. The first-order chi connectivity index (χ1) is 12.1. The number of ether oxygens (including phenoxy) is 1. The maximum Gasteiger partial charge on any atom is 0.330 e. The lowest BCUT2D eigenvalue weighted by molar-refractivity contribution is -0.162. The number of carbonyl (C=O) groups is 2. The Morgan fingerprint density at radius 3 is 2.62 bits per heavy atom. The monoisotopic (exact) mass is 434 g/mol. The molecule has 0 spiro atoms. The predicted molar refractivity (Wildman–Crippen MR) is 105 cm³/mol. The van der Waals surface area contributed by atoms with E-state index in [0.29, 0.717) is 0 Å². The van der Waals surface area contributed by atoms with E-state index >= 15 is 0 Å². The number of amides is 1. The summed E-state index contributed by atoms with van der Waals surface area (Å²) in [4.78, 5) is 31.0. The fourth-order valence-electron chi connectivity index (χ4n) is 3.05. The summed E-state index contributed by atoms with van der Waals surface area (Å²) in [5.74, 6) is -0.772. The van der Waals surface area contributed by atoms with Crippen LogP contribution in [0.4, 0.5) is 0 Å². The van der Waals surface area contributed by atoms with Crippen molar-refractivity contribution in [2.75, 3.05) is 6.61 Å². The van der Waals surface area contributed by atoms with E-state index in [0.717, 1.165) is 5.56 Å². The summed E-state index contributed by atoms with van der Waals surface area (Å²) in [5.41, 5.74) is 0.916. The van der Waals surface area contributed by atoms with Gasteiger partial charge in [0.15, 0.2) is 6.04 Å². The topological polar surface area (TPSA) is 59.0 Å². The largest absolute Gasteiger partial charge is 0.460 e. The summed E-state index contributed by atoms with van der Waals surface area (Å²) in [7, 11) is 0. The van der Waals surface area contributed by atoms with Crippen LogP contribution in [0, 0.1) is 0 Å². The normalized spacial score (nSPS) is 27.3. The minimum Gasteiger partial charge on any atom is -0.460 e. The van der Waals surface area contributed by atoms with Crippen molar-refractivity contribution in [3.63, 3.8) is 0 Å². The summed E-state index contributed by atoms with van der Waals surface area (Å²) in [6, 6.07) is 8.29. The highest BCUT2D eigenvalue weighted by Crippen LogP contribution is 2.52. The van der Waals surface area contributed by atoms with Crippen molar-refractivity contribution in [3.05, 3.63) is 35.9 Å². The van der Waals surface area contributed by atoms with Gasteiger partial charge in [0.25, 0.3) is 5.91 Å². The Labute approximate surface area is 171 Å². The molecule has 0 aliphatic carbocycles. The molecule has 0 N–H and O–H groups in total. The Hall–Kier alpha value is -0.950. The van der Waals surface area contributed by atoms with Gasteiger partial charge in [-0.1, -0.05) is 65.1 Å². The molecule has 0 aromatic heterocycles. The Morgan fingerprint density at radius 2 is 2.00 bits per heavy atom. The molecule has 2 heterocycles. The molecule has 0 bridgehead atoms. The van der Waals surface area contributed by atoms with E-state index < -0.39 is 26.6 Å². The van der Waals surface area contributed by atoms with Crippen molar-refractivity contribution >= 4 is 64.7 Å². The molecule has 0 saturated carbocycles. The minimum atomic E-state index is -1.69. The molecule has 2 aliphatic heterocycles. The number of hydrogen-bond acceptors (Lipinski definition) is 5. The van der Waals surface area contributed by atoms with Crippen LogP contribution in [0.15, 0.2) is 35.3 Å². The lowest BCUT2D eigenvalue weighted by Gasteiger charge is -2.41. The second-order valence-corrected chi connectivity index (χ2v) is 10.9. The molecule has 2 aliphatic rings. The maximum atomic E-state index is 12.6. The number of fused-ring (bicyclic) bond motifs is 1. The van der Waals surface area contributed by atoms with Crippen molar-refractivity contribution in [1.29, 1.82) is 0 Å². The van der Waals surface area contributed by atoms with Gasteiger partial charge >= 0.3 is 5.97 Å². The van der Waals surface area contributed by atoms with Crippen LogP contribution in [-0.4, -0.2) is 55.6 Å². The molecule has 1 aromatic rings. The van der Waals surface area contributed by atoms with E-state index in [9.17, 15) is 9.59 Å². The molecular weight excluding hydrogens is 419 g/mol. The highest BCUT2D eigenvalue weighted by atomic mass is 35.6. The van der Waals surface area contributed by atoms with Crippen LogP contribution in [0.5, 0.6) is 0 Å². The summed E-state index contributed by atoms with van der Waals surface area (Å²) in [6.45, 7) is 3.42. The van der Waals surface area contributed by atoms with Crippen molar-refractivity contribution < 1.29 is 14.3 Å². The van der Waals surface area contributed by atoms with Crippen molar-refractivity contribution in [3.8, 4) is 0 Å². The van der Waals surface area contributed by atoms with Crippen LogP contribution >= 0.6 is 46.6 Å². The van der Waals surface area contributed by atoms with Gasteiger partial charge in [-0.15, -0.1) is 11.8 Å². The van der Waals surface area contributed by atoms with Crippen LogP contribution in [0.1, 0.15) is 19.4 Å². The second kappa shape index (κ2) is 7.23. The van der Waals surface area contributed by atoms with Gasteiger partial charge in [-0.05, 0) is 19.4 Å². The average Bonchev–Trinajstić information content (AvgIpc) is 2.81. The van der Waals surface area contributed by atoms with Crippen LogP contribution in [0.3, 0.4) is 0 Å². The first kappa shape index (κ1) is 19.8. The number of rotatable bonds is 4. The molecule has 3 atom stereocenters. The molecule has 9 heteroatoms. The van der Waals surface area contributed by atoms with Gasteiger partial charge in [-0.25, -0.2) is 4.79 Å². The zero-order chi connectivity index (χ0) is 19.1. The molecule has 1 amide bonds. The second-order valence-electron chi connectivity index (χ2n) is 6.62. The first-order valence-electron chi connectivity index (χ1n) is 7.92. The van der Waals surface area contributed by atoms with Gasteiger partial charge in [0.05, 0.1) is 0 Å². The van der Waals surface area contributed by atoms with Crippen molar-refractivity contribution in [2.45, 2.75) is 39.8 Å². The molecule has 0 radical (unpaired) electrons. The summed E-state index contributed by atoms with van der Waals surface area (Å²) >= 11 is 18.4. The minimum absolute atomic E-state index is 0.198. The van der Waals surface area contributed by atoms with Gasteiger partial charge in [0, 0.05) is 11.0 Å². The Morgan fingerprint density at radius 1 is 1.35 bits per heavy atom. The quantitative estimate of drug-likeness (QED) is 0.314. The third kappa shape index (κ3) is 3.98. The Bertz CT molecular complexity index is 737. The van der Waals surface area contributed by atoms with E-state index in [4.69, 9.17) is 39.5 Å². The molecule has 1 aromatic carbocycles. The van der Waals surface area contributed by atoms with E-state index in [1.54, 1.807) is 6.21 Å². The average molecular weight is 436 g/mol. The van der Waals surface area contributed by atoms with Crippen LogP contribution in [-0.2, 0) is 14.3 Å². The van der Waals surface area contributed by atoms with Crippen LogP contribution in [0.2, 0.25) is 0 Å². The fourth-order valence-corrected chi connectivity index (χ4v) is 4.83. The van der Waals surface area contributed by atoms with Crippen LogP contribution < -0.4 is 0 Å². The molecule has 3 rings (SSSR count). The maximum absolute atomic E-state index is 12.6. The van der Waals surface area contributed by atoms with Crippen molar-refractivity contribution in [2.24, 2.45) is 4.99 Å². The zero-order valence-corrected chi connectivity index (χ0v) is 17.1. The lowest BCUT2D eigenvalue weighted by atomic mass is 9.96. The molecule has 140 valence electrons. The third-order valence-corrected chi connectivity index (χ3v) is 6.08. The molecule has 26 heavy (non-hydrogen) atoms. The van der Waals surface area contributed by atoms with Gasteiger partial charge < -0.3 is 9.64 Å². The Balaban J connectivity index is 1.71. The SMILES string of the molecule is CC1(C)S[C@@H]2[C@H](N=Cc3ccccc3)C(=O)N2[C@H]1C(=O)OCC(Cl)(Cl)Cl. The Kier molecular flexibility index (Phi) is 5.50. The molecule has 2 saturated heterocycles. The highest BCUT2D eigenvalue weighted by molar-refractivity contribution is 8.01. The number of halogens is 3. The number of aliphatic imine (C=N–C) groups is 1. The lowest BCUT2D eigenvalue weighted by Crippen LogP contribution is -2.65. The van der Waals surface area contributed by atoms with Crippen molar-refractivity contribution in [1.82, 2.24) is 4.90 Å². The summed E-state index contributed by atoms with van der Waals surface area (Å²) in [5, 5.41) is -0.206. The van der Waals surface area contributed by atoms with E-state index in [2.05, 4.69) is 4.99 Å². The van der Waals surface area contributed by atoms with Gasteiger partial charge in [0.1, 0.15) is 18.0 Å². The van der Waals surface area contributed by atoms with E-state index in [1.165, 1.54) is 16.7 Å². The first-order valence-corrected chi connectivity index (χ1v) is 9.93. The number of thioether (sulfide) groups is 1. The summed E-state index contributed by atoms with van der Waals surface area (Å²) in [6.07, 6.45) is 1.68. The third-order valence-electron chi connectivity index (χ3n) is 4.20. The van der Waals surface area contributed by atoms with E-state index in [1.807, 2.05) is 44.2 Å². The molecule has 2 fully saturated rings. The van der Waals surface area contributed by atoms with E-state index in [-0.39, 0.29) is 17.9 Å². The fraction of sp³-hybridized carbons (Fsp3) is 0.471. The zero-order valence-electron chi connectivity index (χ0n) is 14.1. The van der Waals surface area contributed by atoms with Gasteiger partial charge in [-0.3, -0.25) is 9.79 Å². The van der Waals surface area contributed by atoms with Crippen LogP contribution in [0.25, 0.3) is 0 Å². The summed E-state index contributed by atoms with van der Waals surface area (Å²) < 4.78 is 2.90. The number of hydrogen-bond donors (Lipinski definition) is 0. The number of esters is 1. The number of carbonyl (C=O) groups excluding carboxylic acids is 2. The number of nitrogens with zero attached hydrogens (tertiary/aromatic N) is 2. The van der Waals surface area contributed by atoms with Gasteiger partial charge in [0.2, 0.25) is 3.79 Å². The molecule has 5 nitrogen and oxygen atoms in total. The number of benzene rings is 1. The standard InChI is InChI=1S/C17H17Cl3N2O3S/c1-16(2)12(15(24)25-9-17(18,19)20)22-13(23)11(14(22)26-16)21-8-10-6-4-3-5-7-10/h3-8,11-12,14H,9H2,1-2H3/t11-,12+,14-/m1/s1. The number of alkyl halides is 3. The molecular formula is C17H17Cl3N2O3S. The highest BCUT2D eigenvalue weighted by Gasteiger charge is 2.64.